The van der Waals surface area contributed by atoms with Gasteiger partial charge < -0.3 is 19.5 Å². The predicted octanol–water partition coefficient (Wildman–Crippen LogP) is 2.62. The van der Waals surface area contributed by atoms with Gasteiger partial charge in [0.25, 0.3) is 0 Å². The number of carbonyl (C=O) groups excluding carboxylic acids is 1. The van der Waals surface area contributed by atoms with Gasteiger partial charge in [0, 0.05) is 12.3 Å². The first-order valence-electron chi connectivity index (χ1n) is 7.49. The summed E-state index contributed by atoms with van der Waals surface area (Å²) in [6, 6.07) is 4.18. The number of halogens is 3. The van der Waals surface area contributed by atoms with Crippen LogP contribution in [0.25, 0.3) is 0 Å². The van der Waals surface area contributed by atoms with E-state index >= 15 is 0 Å². The number of aromatic nitrogens is 1. The van der Waals surface area contributed by atoms with Crippen LogP contribution in [0.5, 0.6) is 11.5 Å². The van der Waals surface area contributed by atoms with Crippen LogP contribution in [0.4, 0.5) is 18.9 Å². The topological polar surface area (TPSA) is 104 Å². The average molecular weight is 420 g/mol. The van der Waals surface area contributed by atoms with Crippen molar-refractivity contribution in [3.05, 3.63) is 42.2 Å². The van der Waals surface area contributed by atoms with E-state index in [-0.39, 0.29) is 17.0 Å². The van der Waals surface area contributed by atoms with Gasteiger partial charge in [-0.3, -0.25) is 4.98 Å². The number of carbonyl (C=O) groups is 1. The first kappa shape index (κ1) is 21.3. The van der Waals surface area contributed by atoms with Crippen LogP contribution in [0.2, 0.25) is 0 Å². The maximum Gasteiger partial charge on any atom is 0.573 e. The molecule has 1 heterocycles. The van der Waals surface area contributed by atoms with E-state index in [9.17, 15) is 26.4 Å². The van der Waals surface area contributed by atoms with Gasteiger partial charge in [-0.1, -0.05) is 0 Å². The smallest absolute Gasteiger partial charge is 0.497 e. The summed E-state index contributed by atoms with van der Waals surface area (Å²) in [4.78, 5) is 14.5. The fourth-order valence-corrected chi connectivity index (χ4v) is 3.31. The number of nitrogens with zero attached hydrogens (tertiary/aromatic N) is 1. The largest absolute Gasteiger partial charge is 0.573 e. The molecule has 2 aromatic rings. The Morgan fingerprint density at radius 3 is 2.50 bits per heavy atom. The number of anilines is 1. The molecule has 2 rings (SSSR count). The molecule has 0 bridgehead atoms. The van der Waals surface area contributed by atoms with E-state index in [2.05, 4.69) is 19.8 Å². The summed E-state index contributed by atoms with van der Waals surface area (Å²) < 4.78 is 76.1. The zero-order chi connectivity index (χ0) is 20.9. The fraction of sp³-hybridized carbons (Fsp3) is 0.250. The highest BCUT2D eigenvalue weighted by atomic mass is 32.2. The van der Waals surface area contributed by atoms with Crippen LogP contribution in [0, 0.1) is 0 Å². The van der Waals surface area contributed by atoms with E-state index in [4.69, 9.17) is 4.74 Å². The molecule has 0 radical (unpaired) electrons. The molecular formula is C16H15F3N2O6S. The highest BCUT2D eigenvalue weighted by Gasteiger charge is 2.34. The van der Waals surface area contributed by atoms with Gasteiger partial charge in [0.1, 0.15) is 22.3 Å². The number of methoxy groups -OCH3 is 2. The number of rotatable bonds is 7. The molecule has 28 heavy (non-hydrogen) atoms. The molecule has 1 N–H and O–H groups in total. The van der Waals surface area contributed by atoms with Gasteiger partial charge in [-0.05, 0) is 18.2 Å². The number of ether oxygens (including phenoxy) is 3. The molecule has 152 valence electrons. The van der Waals surface area contributed by atoms with Gasteiger partial charge in [0.15, 0.2) is 9.84 Å². The zero-order valence-corrected chi connectivity index (χ0v) is 15.4. The Labute approximate surface area is 158 Å². The second kappa shape index (κ2) is 8.33. The first-order chi connectivity index (χ1) is 13.1. The zero-order valence-electron chi connectivity index (χ0n) is 14.6. The quantitative estimate of drug-likeness (QED) is 0.682. The number of alkyl halides is 3. The van der Waals surface area contributed by atoms with Crippen molar-refractivity contribution in [3.8, 4) is 11.5 Å². The summed E-state index contributed by atoms with van der Waals surface area (Å²) in [6.07, 6.45) is -2.63. The number of hydrogen-bond donors (Lipinski definition) is 1. The summed E-state index contributed by atoms with van der Waals surface area (Å²) in [6.45, 7) is 0. The van der Waals surface area contributed by atoms with Gasteiger partial charge in [0.05, 0.1) is 31.7 Å². The number of sulfone groups is 1. The molecule has 0 aliphatic heterocycles. The van der Waals surface area contributed by atoms with E-state index < -0.39 is 38.7 Å². The van der Waals surface area contributed by atoms with Gasteiger partial charge in [-0.2, -0.15) is 0 Å². The van der Waals surface area contributed by atoms with Crippen molar-refractivity contribution in [2.45, 2.75) is 11.3 Å². The summed E-state index contributed by atoms with van der Waals surface area (Å²) >= 11 is 0. The Bertz CT molecular complexity index is 963. The molecule has 0 unspecified atom stereocenters. The minimum absolute atomic E-state index is 0.0301. The van der Waals surface area contributed by atoms with E-state index in [1.807, 2.05) is 0 Å². The Morgan fingerprint density at radius 1 is 1.18 bits per heavy atom. The number of pyridine rings is 1. The molecule has 8 nitrogen and oxygen atoms in total. The Morgan fingerprint density at radius 2 is 1.89 bits per heavy atom. The normalized spacial score (nSPS) is 11.6. The highest BCUT2D eigenvalue weighted by Crippen LogP contribution is 2.33. The Hall–Kier alpha value is -3.02. The SMILES string of the molecule is COC(=O)c1cncc(NCS(=O)(=O)c2cc(OC)ccc2OC(F)(F)F)c1. The summed E-state index contributed by atoms with van der Waals surface area (Å²) in [5.74, 6) is -2.34. The first-order valence-corrected chi connectivity index (χ1v) is 9.15. The van der Waals surface area contributed by atoms with E-state index in [0.29, 0.717) is 0 Å². The van der Waals surface area contributed by atoms with Crippen molar-refractivity contribution in [3.63, 3.8) is 0 Å². The van der Waals surface area contributed by atoms with Gasteiger partial charge in [-0.15, -0.1) is 13.2 Å². The lowest BCUT2D eigenvalue weighted by Gasteiger charge is -2.15. The highest BCUT2D eigenvalue weighted by molar-refractivity contribution is 7.91. The van der Waals surface area contributed by atoms with Crippen molar-refractivity contribution in [1.82, 2.24) is 4.98 Å². The number of nitrogens with one attached hydrogen (secondary N) is 1. The van der Waals surface area contributed by atoms with Crippen LogP contribution in [0.15, 0.2) is 41.6 Å². The minimum Gasteiger partial charge on any atom is -0.497 e. The van der Waals surface area contributed by atoms with Crippen LogP contribution in [0.3, 0.4) is 0 Å². The summed E-state index contributed by atoms with van der Waals surface area (Å²) in [5.41, 5.74) is 0.208. The fourth-order valence-electron chi connectivity index (χ4n) is 2.09. The van der Waals surface area contributed by atoms with Crippen LogP contribution in [-0.2, 0) is 14.6 Å². The average Bonchev–Trinajstić information content (AvgIpc) is 2.65. The molecule has 0 spiro atoms. The van der Waals surface area contributed by atoms with Crippen LogP contribution >= 0.6 is 0 Å². The third kappa shape index (κ3) is 5.49. The lowest BCUT2D eigenvalue weighted by Crippen LogP contribution is -2.21. The second-order valence-electron chi connectivity index (χ2n) is 5.25. The van der Waals surface area contributed by atoms with Gasteiger partial charge in [-0.25, -0.2) is 13.2 Å². The third-order valence-corrected chi connectivity index (χ3v) is 4.85. The molecule has 1 aromatic heterocycles. The van der Waals surface area contributed by atoms with Crippen LogP contribution in [0.1, 0.15) is 10.4 Å². The molecule has 0 atom stereocenters. The van der Waals surface area contributed by atoms with Crippen LogP contribution in [-0.4, -0.2) is 45.8 Å². The maximum atomic E-state index is 12.6. The van der Waals surface area contributed by atoms with Gasteiger partial charge in [0.2, 0.25) is 0 Å². The standard InChI is InChI=1S/C16H15F3N2O6S/c1-25-12-3-4-13(27-16(17,18)19)14(6-12)28(23,24)9-21-11-5-10(7-20-8-11)15(22)26-2/h3-8,21H,9H2,1-2H3. The molecule has 1 aromatic carbocycles. The lowest BCUT2D eigenvalue weighted by atomic mass is 10.3. The number of hydrogen-bond acceptors (Lipinski definition) is 8. The Kier molecular flexibility index (Phi) is 6.33. The van der Waals surface area contributed by atoms with Crippen molar-refractivity contribution >= 4 is 21.5 Å². The van der Waals surface area contributed by atoms with Crippen molar-refractivity contribution in [2.75, 3.05) is 25.4 Å². The predicted molar refractivity (Wildman–Crippen MR) is 90.9 cm³/mol. The molecule has 12 heteroatoms. The molecule has 0 aliphatic rings. The molecule has 0 fully saturated rings. The number of benzene rings is 1. The minimum atomic E-state index is -5.08. The summed E-state index contributed by atoms with van der Waals surface area (Å²) in [7, 11) is -1.89. The molecule has 0 saturated carbocycles. The van der Waals surface area contributed by atoms with Crippen molar-refractivity contribution in [1.29, 1.82) is 0 Å². The van der Waals surface area contributed by atoms with Crippen molar-refractivity contribution < 1.29 is 40.6 Å². The Balaban J connectivity index is 2.30. The third-order valence-electron chi connectivity index (χ3n) is 3.34. The molecule has 0 aliphatic carbocycles. The van der Waals surface area contributed by atoms with Crippen molar-refractivity contribution in [2.24, 2.45) is 0 Å². The molecule has 0 amide bonds. The van der Waals surface area contributed by atoms with Gasteiger partial charge >= 0.3 is 12.3 Å². The molecule has 0 saturated heterocycles. The molecular weight excluding hydrogens is 405 g/mol. The van der Waals surface area contributed by atoms with E-state index in [0.717, 1.165) is 25.3 Å². The monoisotopic (exact) mass is 420 g/mol. The maximum absolute atomic E-state index is 12.6. The number of esters is 1. The second-order valence-corrected chi connectivity index (χ2v) is 7.21. The lowest BCUT2D eigenvalue weighted by molar-refractivity contribution is -0.275. The van der Waals surface area contributed by atoms with E-state index in [1.54, 1.807) is 0 Å². The van der Waals surface area contributed by atoms with E-state index in [1.165, 1.54) is 25.6 Å². The van der Waals surface area contributed by atoms with Crippen LogP contribution < -0.4 is 14.8 Å². The summed E-state index contributed by atoms with van der Waals surface area (Å²) in [5, 5.41) is 2.49.